The lowest BCUT2D eigenvalue weighted by atomic mass is 10.2. The van der Waals surface area contributed by atoms with Crippen LogP contribution in [0.4, 0.5) is 4.39 Å². The molecule has 0 N–H and O–H groups in total. The molecule has 1 aromatic rings. The number of thioether (sulfide) groups is 1. The van der Waals surface area contributed by atoms with E-state index in [-0.39, 0.29) is 5.82 Å². The summed E-state index contributed by atoms with van der Waals surface area (Å²) in [6.07, 6.45) is 0. The highest BCUT2D eigenvalue weighted by Crippen LogP contribution is 2.20. The van der Waals surface area contributed by atoms with Crippen molar-refractivity contribution in [3.8, 4) is 5.75 Å². The van der Waals surface area contributed by atoms with Gasteiger partial charge in [-0.25, -0.2) is 4.39 Å². The van der Waals surface area contributed by atoms with Crippen molar-refractivity contribution in [2.24, 2.45) is 0 Å². The molecule has 0 bridgehead atoms. The van der Waals surface area contributed by atoms with Gasteiger partial charge in [-0.1, -0.05) is 6.07 Å². The molecule has 3 nitrogen and oxygen atoms in total. The van der Waals surface area contributed by atoms with E-state index in [4.69, 9.17) is 9.47 Å². The number of morpholine rings is 1. The molecule has 1 heterocycles. The Balaban J connectivity index is 1.69. The van der Waals surface area contributed by atoms with E-state index in [1.54, 1.807) is 12.1 Å². The van der Waals surface area contributed by atoms with Crippen LogP contribution in [0.3, 0.4) is 0 Å². The van der Waals surface area contributed by atoms with Gasteiger partial charge in [-0.2, -0.15) is 11.8 Å². The molecule has 0 saturated carbocycles. The topological polar surface area (TPSA) is 21.7 Å². The number of benzene rings is 1. The number of hydrogen-bond donors (Lipinski definition) is 0. The number of hydrogen-bond acceptors (Lipinski definition) is 4. The van der Waals surface area contributed by atoms with E-state index in [2.05, 4.69) is 4.90 Å². The fourth-order valence-electron chi connectivity index (χ4n) is 2.01. The zero-order valence-electron chi connectivity index (χ0n) is 11.2. The van der Waals surface area contributed by atoms with E-state index in [1.807, 2.05) is 17.8 Å². The first kappa shape index (κ1) is 14.6. The van der Waals surface area contributed by atoms with Gasteiger partial charge in [0.15, 0.2) is 11.6 Å². The molecule has 0 amide bonds. The van der Waals surface area contributed by atoms with E-state index in [1.165, 1.54) is 7.11 Å². The van der Waals surface area contributed by atoms with Gasteiger partial charge in [0.25, 0.3) is 0 Å². The normalized spacial score (nSPS) is 16.5. The maximum atomic E-state index is 13.5. The van der Waals surface area contributed by atoms with Crippen LogP contribution >= 0.6 is 11.8 Å². The van der Waals surface area contributed by atoms with Crippen LogP contribution in [-0.4, -0.2) is 50.6 Å². The number of nitrogens with zero attached hydrogens (tertiary/aromatic N) is 1. The molecule has 0 aromatic heterocycles. The molecule has 1 saturated heterocycles. The first-order chi connectivity index (χ1) is 9.29. The molecule has 0 unspecified atom stereocenters. The summed E-state index contributed by atoms with van der Waals surface area (Å²) >= 11 is 1.83. The fraction of sp³-hybridized carbons (Fsp3) is 0.571. The monoisotopic (exact) mass is 285 g/mol. The third-order valence-electron chi connectivity index (χ3n) is 3.14. The third kappa shape index (κ3) is 4.67. The second-order valence-electron chi connectivity index (χ2n) is 4.48. The Morgan fingerprint density at radius 1 is 1.37 bits per heavy atom. The molecule has 1 aliphatic heterocycles. The molecule has 0 atom stereocenters. The van der Waals surface area contributed by atoms with Crippen LogP contribution in [0.25, 0.3) is 0 Å². The average Bonchev–Trinajstić information content (AvgIpc) is 2.45. The van der Waals surface area contributed by atoms with Gasteiger partial charge in [-0.15, -0.1) is 0 Å². The van der Waals surface area contributed by atoms with Crippen molar-refractivity contribution in [1.29, 1.82) is 0 Å². The molecule has 106 valence electrons. The van der Waals surface area contributed by atoms with Crippen molar-refractivity contribution in [2.75, 3.05) is 45.7 Å². The van der Waals surface area contributed by atoms with Gasteiger partial charge in [0.1, 0.15) is 0 Å². The highest BCUT2D eigenvalue weighted by atomic mass is 32.2. The van der Waals surface area contributed by atoms with Crippen LogP contribution < -0.4 is 4.74 Å². The van der Waals surface area contributed by atoms with Gasteiger partial charge in [0.2, 0.25) is 0 Å². The van der Waals surface area contributed by atoms with Crippen LogP contribution in [0, 0.1) is 5.82 Å². The first-order valence-corrected chi connectivity index (χ1v) is 7.65. The van der Waals surface area contributed by atoms with Crippen molar-refractivity contribution in [3.05, 3.63) is 29.6 Å². The van der Waals surface area contributed by atoms with Crippen LogP contribution in [-0.2, 0) is 10.5 Å². The van der Waals surface area contributed by atoms with Crippen LogP contribution in [0.15, 0.2) is 18.2 Å². The summed E-state index contributed by atoms with van der Waals surface area (Å²) in [5, 5.41) is 0. The van der Waals surface area contributed by atoms with Crippen molar-refractivity contribution < 1.29 is 13.9 Å². The van der Waals surface area contributed by atoms with Crippen molar-refractivity contribution >= 4 is 11.8 Å². The SMILES string of the molecule is COc1ccc(CSCCN2CCOCC2)cc1F. The molecular weight excluding hydrogens is 265 g/mol. The van der Waals surface area contributed by atoms with Gasteiger partial charge in [-0.05, 0) is 17.7 Å². The molecule has 1 fully saturated rings. The number of ether oxygens (including phenoxy) is 2. The van der Waals surface area contributed by atoms with Crippen LogP contribution in [0.5, 0.6) is 5.75 Å². The Morgan fingerprint density at radius 3 is 2.84 bits per heavy atom. The lowest BCUT2D eigenvalue weighted by molar-refractivity contribution is 0.0410. The third-order valence-corrected chi connectivity index (χ3v) is 4.15. The lowest BCUT2D eigenvalue weighted by Gasteiger charge is -2.26. The predicted molar refractivity (Wildman–Crippen MR) is 76.4 cm³/mol. The fourth-order valence-corrected chi connectivity index (χ4v) is 2.96. The molecule has 0 spiro atoms. The summed E-state index contributed by atoms with van der Waals surface area (Å²) in [4.78, 5) is 2.41. The molecule has 1 aromatic carbocycles. The maximum Gasteiger partial charge on any atom is 0.165 e. The highest BCUT2D eigenvalue weighted by molar-refractivity contribution is 7.98. The molecular formula is C14H20FNO2S. The molecule has 2 rings (SSSR count). The van der Waals surface area contributed by atoms with E-state index < -0.39 is 0 Å². The highest BCUT2D eigenvalue weighted by Gasteiger charge is 2.09. The average molecular weight is 285 g/mol. The minimum atomic E-state index is -0.284. The summed E-state index contributed by atoms with van der Waals surface area (Å²) in [7, 11) is 1.48. The van der Waals surface area contributed by atoms with E-state index in [0.717, 1.165) is 49.9 Å². The van der Waals surface area contributed by atoms with Crippen LogP contribution in [0.2, 0.25) is 0 Å². The quantitative estimate of drug-likeness (QED) is 0.748. The minimum Gasteiger partial charge on any atom is -0.494 e. The Hall–Kier alpha value is -0.780. The standard InChI is InChI=1S/C14H20FNO2S/c1-17-14-3-2-12(10-13(14)15)11-19-9-6-16-4-7-18-8-5-16/h2-3,10H,4-9,11H2,1H3. The zero-order valence-corrected chi connectivity index (χ0v) is 12.0. The zero-order chi connectivity index (χ0) is 13.5. The van der Waals surface area contributed by atoms with Gasteiger partial charge < -0.3 is 9.47 Å². The summed E-state index contributed by atoms with van der Waals surface area (Å²) in [6, 6.07) is 5.16. The molecule has 0 aliphatic carbocycles. The number of methoxy groups -OCH3 is 1. The van der Waals surface area contributed by atoms with E-state index in [0.29, 0.717) is 5.75 Å². The maximum absolute atomic E-state index is 13.5. The van der Waals surface area contributed by atoms with Gasteiger partial charge in [0, 0.05) is 31.1 Å². The summed E-state index contributed by atoms with van der Waals surface area (Å²) in [6.45, 7) is 4.81. The van der Waals surface area contributed by atoms with Gasteiger partial charge in [-0.3, -0.25) is 4.90 Å². The summed E-state index contributed by atoms with van der Waals surface area (Å²) in [5.74, 6) is 1.93. The second-order valence-corrected chi connectivity index (χ2v) is 5.58. The van der Waals surface area contributed by atoms with E-state index >= 15 is 0 Å². The van der Waals surface area contributed by atoms with Gasteiger partial charge >= 0.3 is 0 Å². The predicted octanol–water partition coefficient (Wildman–Crippen LogP) is 2.40. The summed E-state index contributed by atoms with van der Waals surface area (Å²) < 4.78 is 23.7. The minimum absolute atomic E-state index is 0.284. The van der Waals surface area contributed by atoms with Crippen molar-refractivity contribution in [3.63, 3.8) is 0 Å². The molecule has 1 aliphatic rings. The Morgan fingerprint density at radius 2 is 2.16 bits per heavy atom. The van der Waals surface area contributed by atoms with Crippen molar-refractivity contribution in [1.82, 2.24) is 4.90 Å². The Kier molecular flexibility index (Phi) is 5.94. The Bertz CT molecular complexity index is 397. The van der Waals surface area contributed by atoms with E-state index in [9.17, 15) is 4.39 Å². The molecule has 5 heteroatoms. The van der Waals surface area contributed by atoms with Gasteiger partial charge in [0.05, 0.1) is 20.3 Å². The van der Waals surface area contributed by atoms with Crippen LogP contribution in [0.1, 0.15) is 5.56 Å². The molecule has 0 radical (unpaired) electrons. The smallest absolute Gasteiger partial charge is 0.165 e. The van der Waals surface area contributed by atoms with Crippen molar-refractivity contribution in [2.45, 2.75) is 5.75 Å². The number of rotatable bonds is 6. The summed E-state index contributed by atoms with van der Waals surface area (Å²) in [5.41, 5.74) is 1.00. The second kappa shape index (κ2) is 7.72. The lowest BCUT2D eigenvalue weighted by Crippen LogP contribution is -2.37. The Labute approximate surface area is 118 Å². The largest absolute Gasteiger partial charge is 0.494 e. The molecule has 19 heavy (non-hydrogen) atoms. The number of halogens is 1. The first-order valence-electron chi connectivity index (χ1n) is 6.50.